The van der Waals surface area contributed by atoms with Crippen molar-refractivity contribution >= 4 is 15.9 Å². The fourth-order valence-electron chi connectivity index (χ4n) is 1.19. The normalized spacial score (nSPS) is 34.6. The van der Waals surface area contributed by atoms with Crippen LogP contribution in [0.15, 0.2) is 4.99 Å². The fraction of sp³-hybridized carbons (Fsp3) is 0.833. The van der Waals surface area contributed by atoms with Crippen molar-refractivity contribution < 1.29 is 13.2 Å². The Balaban J connectivity index is 2.89. The van der Waals surface area contributed by atoms with E-state index in [4.69, 9.17) is 0 Å². The number of rotatable bonds is 1. The lowest BCUT2D eigenvalue weighted by molar-refractivity contribution is 0.511. The molecule has 0 aromatic rings. The molecule has 0 aromatic carbocycles. The van der Waals surface area contributed by atoms with Gasteiger partial charge in [0.15, 0.2) is 9.84 Å². The van der Waals surface area contributed by atoms with Crippen LogP contribution in [-0.4, -0.2) is 31.5 Å². The van der Waals surface area contributed by atoms with E-state index >= 15 is 0 Å². The number of sulfone groups is 1. The first-order chi connectivity index (χ1) is 4.97. The molecule has 0 aliphatic carbocycles. The molecule has 5 heteroatoms. The Kier molecular flexibility index (Phi) is 1.86. The standard InChI is InChI=1S/C6H9NO3S/c1-6(7-5-8)2-3-11(9,10)4-6/h2-4H2,1H3/t6-/m0/s1. The van der Waals surface area contributed by atoms with Gasteiger partial charge >= 0.3 is 0 Å². The van der Waals surface area contributed by atoms with Crippen LogP contribution in [0.3, 0.4) is 0 Å². The van der Waals surface area contributed by atoms with Gasteiger partial charge in [-0.05, 0) is 13.3 Å². The number of hydrogen-bond acceptors (Lipinski definition) is 4. The maximum absolute atomic E-state index is 10.9. The zero-order chi connectivity index (χ0) is 8.54. The number of hydrogen-bond donors (Lipinski definition) is 0. The van der Waals surface area contributed by atoms with E-state index < -0.39 is 15.4 Å². The Morgan fingerprint density at radius 3 is 2.55 bits per heavy atom. The van der Waals surface area contributed by atoms with Crippen LogP contribution < -0.4 is 0 Å². The number of carbonyl (C=O) groups excluding carboxylic acids is 1. The molecule has 1 fully saturated rings. The van der Waals surface area contributed by atoms with Gasteiger partial charge in [-0.15, -0.1) is 0 Å². The van der Waals surface area contributed by atoms with E-state index in [-0.39, 0.29) is 11.5 Å². The summed E-state index contributed by atoms with van der Waals surface area (Å²) in [5.41, 5.74) is -0.708. The summed E-state index contributed by atoms with van der Waals surface area (Å²) in [5, 5.41) is 0. The van der Waals surface area contributed by atoms with Gasteiger partial charge in [-0.1, -0.05) is 0 Å². The van der Waals surface area contributed by atoms with Crippen LogP contribution in [0.2, 0.25) is 0 Å². The molecule has 0 saturated carbocycles. The molecule has 0 amide bonds. The smallest absolute Gasteiger partial charge is 0.229 e. The highest BCUT2D eigenvalue weighted by Crippen LogP contribution is 2.25. The summed E-state index contributed by atoms with van der Waals surface area (Å²) in [6.45, 7) is 1.66. The van der Waals surface area contributed by atoms with Crippen LogP contribution in [0, 0.1) is 0 Å². The van der Waals surface area contributed by atoms with Crippen molar-refractivity contribution in [3.8, 4) is 0 Å². The van der Waals surface area contributed by atoms with Crippen LogP contribution in [0.1, 0.15) is 13.3 Å². The SMILES string of the molecule is C[C@]1(N=C=O)CCS(=O)(=O)C1. The first-order valence-corrected chi connectivity index (χ1v) is 5.09. The molecule has 1 aliphatic rings. The molecule has 1 saturated heterocycles. The third-order valence-corrected chi connectivity index (χ3v) is 3.69. The van der Waals surface area contributed by atoms with E-state index in [2.05, 4.69) is 4.99 Å². The second kappa shape index (κ2) is 2.43. The van der Waals surface area contributed by atoms with E-state index in [1.165, 1.54) is 6.08 Å². The van der Waals surface area contributed by atoms with Gasteiger partial charge in [0.25, 0.3) is 0 Å². The second-order valence-electron chi connectivity index (χ2n) is 3.04. The lowest BCUT2D eigenvalue weighted by atomic mass is 10.0. The Morgan fingerprint density at radius 1 is 1.55 bits per heavy atom. The van der Waals surface area contributed by atoms with Crippen molar-refractivity contribution in [2.45, 2.75) is 18.9 Å². The minimum absolute atomic E-state index is 0.0186. The molecule has 1 aliphatic heterocycles. The second-order valence-corrected chi connectivity index (χ2v) is 5.23. The van der Waals surface area contributed by atoms with Gasteiger partial charge in [-0.3, -0.25) is 0 Å². The quantitative estimate of drug-likeness (QED) is 0.413. The predicted molar refractivity (Wildman–Crippen MR) is 39.8 cm³/mol. The molecule has 62 valence electrons. The van der Waals surface area contributed by atoms with Gasteiger partial charge in [-0.2, -0.15) is 4.99 Å². The highest BCUT2D eigenvalue weighted by atomic mass is 32.2. The topological polar surface area (TPSA) is 63.6 Å². The molecule has 0 radical (unpaired) electrons. The van der Waals surface area contributed by atoms with Crippen LogP contribution >= 0.6 is 0 Å². The lowest BCUT2D eigenvalue weighted by Gasteiger charge is -2.11. The van der Waals surface area contributed by atoms with Crippen LogP contribution in [-0.2, 0) is 14.6 Å². The average Bonchev–Trinajstić information content (AvgIpc) is 2.07. The van der Waals surface area contributed by atoms with Crippen molar-refractivity contribution in [2.75, 3.05) is 11.5 Å². The molecule has 0 aromatic heterocycles. The Bertz CT molecular complexity index is 302. The van der Waals surface area contributed by atoms with Gasteiger partial charge in [0.05, 0.1) is 17.0 Å². The molecule has 0 unspecified atom stereocenters. The van der Waals surface area contributed by atoms with Crippen LogP contribution in [0.5, 0.6) is 0 Å². The maximum atomic E-state index is 10.9. The van der Waals surface area contributed by atoms with Crippen molar-refractivity contribution in [3.05, 3.63) is 0 Å². The fourth-order valence-corrected chi connectivity index (χ4v) is 3.24. The molecule has 1 atom stereocenters. The highest BCUT2D eigenvalue weighted by molar-refractivity contribution is 7.91. The van der Waals surface area contributed by atoms with Gasteiger partial charge in [0, 0.05) is 0 Å². The monoisotopic (exact) mass is 175 g/mol. The van der Waals surface area contributed by atoms with Crippen molar-refractivity contribution in [1.29, 1.82) is 0 Å². The van der Waals surface area contributed by atoms with Crippen LogP contribution in [0.4, 0.5) is 0 Å². The van der Waals surface area contributed by atoms with Crippen molar-refractivity contribution in [3.63, 3.8) is 0 Å². The maximum Gasteiger partial charge on any atom is 0.235 e. The van der Waals surface area contributed by atoms with E-state index in [1.807, 2.05) is 0 Å². The van der Waals surface area contributed by atoms with E-state index in [9.17, 15) is 13.2 Å². The summed E-state index contributed by atoms with van der Waals surface area (Å²) in [5.74, 6) is 0.115. The largest absolute Gasteiger partial charge is 0.235 e. The Morgan fingerprint density at radius 2 is 2.18 bits per heavy atom. The van der Waals surface area contributed by atoms with E-state index in [1.54, 1.807) is 6.92 Å². The summed E-state index contributed by atoms with van der Waals surface area (Å²) in [4.78, 5) is 13.4. The minimum atomic E-state index is -2.95. The average molecular weight is 175 g/mol. The van der Waals surface area contributed by atoms with E-state index in [0.717, 1.165) is 0 Å². The number of isocyanates is 1. The summed E-state index contributed by atoms with van der Waals surface area (Å²) in [6.07, 6.45) is 1.83. The molecular weight excluding hydrogens is 166 g/mol. The zero-order valence-electron chi connectivity index (χ0n) is 6.20. The first kappa shape index (κ1) is 8.43. The van der Waals surface area contributed by atoms with Crippen molar-refractivity contribution in [1.82, 2.24) is 0 Å². The zero-order valence-corrected chi connectivity index (χ0v) is 7.02. The molecular formula is C6H9NO3S. The molecule has 4 nitrogen and oxygen atoms in total. The third kappa shape index (κ3) is 1.88. The van der Waals surface area contributed by atoms with Crippen molar-refractivity contribution in [2.24, 2.45) is 4.99 Å². The first-order valence-electron chi connectivity index (χ1n) is 3.27. The summed E-state index contributed by atoms with van der Waals surface area (Å²) >= 11 is 0. The minimum Gasteiger partial charge on any atom is -0.229 e. The highest BCUT2D eigenvalue weighted by Gasteiger charge is 2.38. The molecule has 11 heavy (non-hydrogen) atoms. The predicted octanol–water partition coefficient (Wildman–Crippen LogP) is -0.101. The molecule has 1 heterocycles. The third-order valence-electron chi connectivity index (χ3n) is 1.80. The number of nitrogens with zero attached hydrogens (tertiary/aromatic N) is 1. The summed E-state index contributed by atoms with van der Waals surface area (Å²) in [6, 6.07) is 0. The Labute approximate surface area is 65.2 Å². The number of aliphatic imine (C=N–C) groups is 1. The lowest BCUT2D eigenvalue weighted by Crippen LogP contribution is -2.22. The van der Waals surface area contributed by atoms with E-state index in [0.29, 0.717) is 6.42 Å². The Hall–Kier alpha value is -0.670. The molecule has 0 bridgehead atoms. The molecule has 1 rings (SSSR count). The molecule has 0 N–H and O–H groups in total. The van der Waals surface area contributed by atoms with Crippen LogP contribution in [0.25, 0.3) is 0 Å². The van der Waals surface area contributed by atoms with Gasteiger partial charge in [0.2, 0.25) is 6.08 Å². The summed E-state index contributed by atoms with van der Waals surface area (Å²) < 4.78 is 21.9. The summed E-state index contributed by atoms with van der Waals surface area (Å²) in [7, 11) is -2.95. The van der Waals surface area contributed by atoms with Gasteiger partial charge < -0.3 is 0 Å². The van der Waals surface area contributed by atoms with Gasteiger partial charge in [-0.25, -0.2) is 13.2 Å². The van der Waals surface area contributed by atoms with Gasteiger partial charge in [0.1, 0.15) is 0 Å². The molecule has 0 spiro atoms.